The maximum absolute atomic E-state index is 12.8. The molecule has 0 radical (unpaired) electrons. The van der Waals surface area contributed by atoms with Gasteiger partial charge < -0.3 is 20.7 Å². The van der Waals surface area contributed by atoms with Gasteiger partial charge in [0.05, 0.1) is 18.3 Å². The predicted molar refractivity (Wildman–Crippen MR) is 78.0 cm³/mol. The van der Waals surface area contributed by atoms with Gasteiger partial charge in [-0.1, -0.05) is 19.1 Å². The van der Waals surface area contributed by atoms with Gasteiger partial charge in [0.15, 0.2) is 6.10 Å². The number of amides is 2. The SMILES string of the molecule is CC1CCNC1C(=O)N1CC(C(N)=O)Oc2ccccc21. The molecule has 21 heavy (non-hydrogen) atoms. The number of nitrogens with zero attached hydrogens (tertiary/aromatic N) is 1. The third kappa shape index (κ3) is 2.47. The maximum atomic E-state index is 12.8. The first-order valence-corrected chi connectivity index (χ1v) is 7.17. The number of hydrogen-bond acceptors (Lipinski definition) is 4. The first-order valence-electron chi connectivity index (χ1n) is 7.17. The summed E-state index contributed by atoms with van der Waals surface area (Å²) in [5.74, 6) is 0.211. The van der Waals surface area contributed by atoms with Crippen molar-refractivity contribution in [1.82, 2.24) is 5.32 Å². The number of hydrogen-bond donors (Lipinski definition) is 2. The van der Waals surface area contributed by atoms with Crippen LogP contribution in [0.15, 0.2) is 24.3 Å². The Balaban J connectivity index is 1.92. The van der Waals surface area contributed by atoms with E-state index < -0.39 is 12.0 Å². The second-order valence-corrected chi connectivity index (χ2v) is 5.62. The summed E-state index contributed by atoms with van der Waals surface area (Å²) < 4.78 is 5.57. The van der Waals surface area contributed by atoms with Gasteiger partial charge in [0, 0.05) is 0 Å². The lowest BCUT2D eigenvalue weighted by Gasteiger charge is -2.35. The lowest BCUT2D eigenvalue weighted by molar-refractivity contribution is -0.125. The van der Waals surface area contributed by atoms with E-state index in [1.807, 2.05) is 12.1 Å². The lowest BCUT2D eigenvalue weighted by Crippen LogP contribution is -2.54. The van der Waals surface area contributed by atoms with Gasteiger partial charge in [-0.2, -0.15) is 0 Å². The molecule has 0 saturated carbocycles. The van der Waals surface area contributed by atoms with Crippen molar-refractivity contribution in [2.45, 2.75) is 25.5 Å². The quantitative estimate of drug-likeness (QED) is 0.818. The van der Waals surface area contributed by atoms with Gasteiger partial charge in [-0.25, -0.2) is 0 Å². The number of anilines is 1. The zero-order valence-corrected chi connectivity index (χ0v) is 11.9. The molecule has 1 aromatic carbocycles. The number of nitrogens with one attached hydrogen (secondary N) is 1. The lowest BCUT2D eigenvalue weighted by atomic mass is 10.0. The highest BCUT2D eigenvalue weighted by Gasteiger charge is 2.38. The highest BCUT2D eigenvalue weighted by Crippen LogP contribution is 2.34. The van der Waals surface area contributed by atoms with Crippen molar-refractivity contribution in [3.8, 4) is 5.75 Å². The second-order valence-electron chi connectivity index (χ2n) is 5.62. The van der Waals surface area contributed by atoms with Crippen LogP contribution in [0.3, 0.4) is 0 Å². The van der Waals surface area contributed by atoms with Crippen LogP contribution >= 0.6 is 0 Å². The normalized spacial score (nSPS) is 27.9. The Kier molecular flexibility index (Phi) is 3.55. The summed E-state index contributed by atoms with van der Waals surface area (Å²) in [6.07, 6.45) is 0.169. The van der Waals surface area contributed by atoms with Crippen LogP contribution in [0.2, 0.25) is 0 Å². The van der Waals surface area contributed by atoms with Gasteiger partial charge in [-0.05, 0) is 31.0 Å². The first-order chi connectivity index (χ1) is 10.1. The Morgan fingerprint density at radius 1 is 1.38 bits per heavy atom. The van der Waals surface area contributed by atoms with Gasteiger partial charge in [0.2, 0.25) is 5.91 Å². The second kappa shape index (κ2) is 5.37. The molecule has 3 atom stereocenters. The van der Waals surface area contributed by atoms with Gasteiger partial charge in [0.1, 0.15) is 5.75 Å². The van der Waals surface area contributed by atoms with Crippen LogP contribution in [0.25, 0.3) is 0 Å². The Bertz CT molecular complexity index is 575. The fraction of sp³-hybridized carbons (Fsp3) is 0.467. The zero-order chi connectivity index (χ0) is 15.0. The van der Waals surface area contributed by atoms with Crippen LogP contribution in [0.1, 0.15) is 13.3 Å². The van der Waals surface area contributed by atoms with E-state index in [9.17, 15) is 9.59 Å². The molecule has 6 heteroatoms. The number of benzene rings is 1. The molecule has 0 spiro atoms. The number of nitrogens with two attached hydrogens (primary N) is 1. The van der Waals surface area contributed by atoms with Gasteiger partial charge >= 0.3 is 0 Å². The molecule has 3 N–H and O–H groups in total. The van der Waals surface area contributed by atoms with Gasteiger partial charge in [0.25, 0.3) is 5.91 Å². The molecular weight excluding hydrogens is 270 g/mol. The smallest absolute Gasteiger partial charge is 0.260 e. The molecule has 1 aromatic rings. The Hall–Kier alpha value is -2.08. The molecule has 2 heterocycles. The topological polar surface area (TPSA) is 84.7 Å². The van der Waals surface area contributed by atoms with Crippen LogP contribution in [-0.4, -0.2) is 37.0 Å². The zero-order valence-electron chi connectivity index (χ0n) is 11.9. The number of para-hydroxylation sites is 2. The number of carbonyl (C=O) groups is 2. The molecule has 2 amide bonds. The van der Waals surface area contributed by atoms with Gasteiger partial charge in [-0.15, -0.1) is 0 Å². The van der Waals surface area contributed by atoms with Crippen molar-refractivity contribution in [2.75, 3.05) is 18.0 Å². The van der Waals surface area contributed by atoms with Crippen molar-refractivity contribution in [2.24, 2.45) is 11.7 Å². The average Bonchev–Trinajstić information content (AvgIpc) is 2.91. The molecule has 1 saturated heterocycles. The van der Waals surface area contributed by atoms with Gasteiger partial charge in [-0.3, -0.25) is 9.59 Å². The molecule has 2 aliphatic heterocycles. The summed E-state index contributed by atoms with van der Waals surface area (Å²) in [6.45, 7) is 3.05. The predicted octanol–water partition coefficient (Wildman–Crippen LogP) is 0.264. The fourth-order valence-electron chi connectivity index (χ4n) is 2.92. The van der Waals surface area contributed by atoms with E-state index in [0.29, 0.717) is 11.4 Å². The van der Waals surface area contributed by atoms with Crippen LogP contribution < -0.4 is 20.7 Å². The molecular formula is C15H19N3O3. The van der Waals surface area contributed by atoms with E-state index in [4.69, 9.17) is 10.5 Å². The van der Waals surface area contributed by atoms with Crippen molar-refractivity contribution >= 4 is 17.5 Å². The van der Waals surface area contributed by atoms with Crippen molar-refractivity contribution in [3.05, 3.63) is 24.3 Å². The molecule has 2 aliphatic rings. The average molecular weight is 289 g/mol. The summed E-state index contributed by atoms with van der Waals surface area (Å²) in [7, 11) is 0. The van der Waals surface area contributed by atoms with Crippen LogP contribution in [0, 0.1) is 5.92 Å². The van der Waals surface area contributed by atoms with E-state index in [0.717, 1.165) is 13.0 Å². The minimum Gasteiger partial charge on any atom is -0.477 e. The largest absolute Gasteiger partial charge is 0.477 e. The number of ether oxygens (including phenoxy) is 1. The molecule has 112 valence electrons. The van der Waals surface area contributed by atoms with E-state index in [1.165, 1.54) is 0 Å². The monoisotopic (exact) mass is 289 g/mol. The number of fused-ring (bicyclic) bond motifs is 1. The number of primary amides is 1. The Morgan fingerprint density at radius 2 is 2.14 bits per heavy atom. The van der Waals surface area contributed by atoms with Crippen LogP contribution in [0.4, 0.5) is 5.69 Å². The maximum Gasteiger partial charge on any atom is 0.260 e. The summed E-state index contributed by atoms with van der Waals surface area (Å²) in [5, 5.41) is 3.23. The Morgan fingerprint density at radius 3 is 2.81 bits per heavy atom. The number of rotatable bonds is 2. The molecule has 6 nitrogen and oxygen atoms in total. The molecule has 3 unspecified atom stereocenters. The third-order valence-electron chi connectivity index (χ3n) is 4.16. The van der Waals surface area contributed by atoms with Crippen LogP contribution in [0.5, 0.6) is 5.75 Å². The van der Waals surface area contributed by atoms with E-state index in [2.05, 4.69) is 12.2 Å². The van der Waals surface area contributed by atoms with E-state index in [-0.39, 0.29) is 24.4 Å². The van der Waals surface area contributed by atoms with E-state index >= 15 is 0 Å². The summed E-state index contributed by atoms with van der Waals surface area (Å²) in [6, 6.07) is 7.00. The minimum atomic E-state index is -0.805. The summed E-state index contributed by atoms with van der Waals surface area (Å²) in [4.78, 5) is 25.9. The minimum absolute atomic E-state index is 0.0259. The third-order valence-corrected chi connectivity index (χ3v) is 4.16. The molecule has 0 bridgehead atoms. The van der Waals surface area contributed by atoms with Crippen molar-refractivity contribution < 1.29 is 14.3 Å². The first kappa shape index (κ1) is 13.9. The standard InChI is InChI=1S/C15H19N3O3/c1-9-6-7-17-13(9)15(20)18-8-12(14(16)19)21-11-5-3-2-4-10(11)18/h2-5,9,12-13,17H,6-8H2,1H3,(H2,16,19). The van der Waals surface area contributed by atoms with E-state index in [1.54, 1.807) is 17.0 Å². The Labute approximate surface area is 123 Å². The molecule has 0 aromatic heterocycles. The molecule has 0 aliphatic carbocycles. The van der Waals surface area contributed by atoms with Crippen molar-refractivity contribution in [1.29, 1.82) is 0 Å². The highest BCUT2D eigenvalue weighted by atomic mass is 16.5. The summed E-state index contributed by atoms with van der Waals surface area (Å²) >= 11 is 0. The number of carbonyl (C=O) groups excluding carboxylic acids is 2. The molecule has 1 fully saturated rings. The summed E-state index contributed by atoms with van der Waals surface area (Å²) in [5.41, 5.74) is 6.05. The highest BCUT2D eigenvalue weighted by molar-refractivity contribution is 6.00. The van der Waals surface area contributed by atoms with Crippen LogP contribution in [-0.2, 0) is 9.59 Å². The fourth-order valence-corrected chi connectivity index (χ4v) is 2.92. The molecule has 3 rings (SSSR count). The van der Waals surface area contributed by atoms with Crippen molar-refractivity contribution in [3.63, 3.8) is 0 Å².